The maximum atomic E-state index is 11.9. The monoisotopic (exact) mass is 321 g/mol. The zero-order chi connectivity index (χ0) is 15.9. The molecule has 0 fully saturated rings. The van der Waals surface area contributed by atoms with Crippen LogP contribution in [0.15, 0.2) is 29.8 Å². The molecule has 1 heterocycles. The number of carbonyl (C=O) groups is 1. The largest absolute Gasteiger partial charge is 0.497 e. The number of likely N-dealkylation sites (N-methyl/N-ethyl adjacent to an activating group) is 1. The summed E-state index contributed by atoms with van der Waals surface area (Å²) < 4.78 is 5.25. The van der Waals surface area contributed by atoms with Gasteiger partial charge in [0.15, 0.2) is 0 Å². The Morgan fingerprint density at radius 2 is 2.27 bits per heavy atom. The van der Waals surface area contributed by atoms with E-state index < -0.39 is 0 Å². The zero-order valence-corrected chi connectivity index (χ0v) is 13.6. The first-order chi connectivity index (χ1) is 10.6. The fourth-order valence-electron chi connectivity index (χ4n) is 2.01. The van der Waals surface area contributed by atoms with Crippen LogP contribution in [-0.4, -0.2) is 48.9 Å². The summed E-state index contributed by atoms with van der Waals surface area (Å²) in [6.07, 6.45) is 0. The van der Waals surface area contributed by atoms with E-state index in [0.717, 1.165) is 11.3 Å². The molecule has 0 aliphatic heterocycles. The highest BCUT2D eigenvalue weighted by atomic mass is 32.1. The lowest BCUT2D eigenvalue weighted by atomic mass is 10.1. The highest BCUT2D eigenvalue weighted by Crippen LogP contribution is 2.22. The third kappa shape index (κ3) is 4.40. The van der Waals surface area contributed by atoms with Gasteiger partial charge in [0.25, 0.3) is 0 Å². The van der Waals surface area contributed by atoms with Crippen LogP contribution in [0.2, 0.25) is 0 Å². The van der Waals surface area contributed by atoms with Crippen molar-refractivity contribution < 1.29 is 9.53 Å². The van der Waals surface area contributed by atoms with Crippen LogP contribution in [0.1, 0.15) is 11.6 Å². The predicted molar refractivity (Wildman–Crippen MR) is 86.4 cm³/mol. The first kappa shape index (κ1) is 16.2. The molecule has 0 aliphatic rings. The van der Waals surface area contributed by atoms with E-state index in [0.29, 0.717) is 11.7 Å². The molecular weight excluding hydrogens is 302 g/mol. The van der Waals surface area contributed by atoms with Gasteiger partial charge >= 0.3 is 6.03 Å². The van der Waals surface area contributed by atoms with Crippen LogP contribution in [0, 0.1) is 0 Å². The van der Waals surface area contributed by atoms with E-state index in [9.17, 15) is 4.79 Å². The van der Waals surface area contributed by atoms with E-state index in [1.54, 1.807) is 12.6 Å². The third-order valence-electron chi connectivity index (χ3n) is 3.14. The number of anilines is 1. The van der Waals surface area contributed by atoms with E-state index >= 15 is 0 Å². The number of rotatable bonds is 6. The standard InChI is InChI=1S/C14H19N5O2S/c1-19(2)12(10-5-4-6-11(7-10)21-3)8-15-13(20)17-14-18-16-9-22-14/h4-7,9,12H,8H2,1-3H3,(H2,15,17,18,20)/t12-/m1/s1. The lowest BCUT2D eigenvalue weighted by molar-refractivity contribution is 0.243. The van der Waals surface area contributed by atoms with Crippen LogP contribution >= 0.6 is 11.3 Å². The van der Waals surface area contributed by atoms with Gasteiger partial charge in [0, 0.05) is 6.54 Å². The molecule has 2 amide bonds. The Morgan fingerprint density at radius 1 is 1.45 bits per heavy atom. The number of hydrogen-bond acceptors (Lipinski definition) is 6. The summed E-state index contributed by atoms with van der Waals surface area (Å²) in [6, 6.07) is 7.55. The molecule has 0 radical (unpaired) electrons. The first-order valence-electron chi connectivity index (χ1n) is 6.71. The highest BCUT2D eigenvalue weighted by Gasteiger charge is 2.16. The Hall–Kier alpha value is -2.19. The number of benzene rings is 1. The molecule has 0 saturated carbocycles. The molecule has 2 aromatic rings. The molecule has 1 atom stereocenters. The van der Waals surface area contributed by atoms with E-state index in [1.807, 2.05) is 43.3 Å². The minimum Gasteiger partial charge on any atom is -0.497 e. The molecule has 118 valence electrons. The Kier molecular flexibility index (Phi) is 5.68. The van der Waals surface area contributed by atoms with Crippen molar-refractivity contribution in [3.05, 3.63) is 35.3 Å². The van der Waals surface area contributed by atoms with Crippen molar-refractivity contribution in [2.24, 2.45) is 0 Å². The lowest BCUT2D eigenvalue weighted by Crippen LogP contribution is -2.36. The van der Waals surface area contributed by atoms with Gasteiger partial charge < -0.3 is 15.0 Å². The van der Waals surface area contributed by atoms with Gasteiger partial charge in [-0.05, 0) is 31.8 Å². The maximum absolute atomic E-state index is 11.9. The molecular formula is C14H19N5O2S. The number of ether oxygens (including phenoxy) is 1. The molecule has 1 aromatic carbocycles. The van der Waals surface area contributed by atoms with Gasteiger partial charge in [-0.2, -0.15) is 0 Å². The molecule has 0 bridgehead atoms. The molecule has 0 saturated heterocycles. The Morgan fingerprint density at radius 3 is 2.91 bits per heavy atom. The van der Waals surface area contributed by atoms with Crippen LogP contribution < -0.4 is 15.4 Å². The second-order valence-corrected chi connectivity index (χ2v) is 5.67. The van der Waals surface area contributed by atoms with Gasteiger partial charge in [-0.1, -0.05) is 23.5 Å². The fourth-order valence-corrected chi connectivity index (χ4v) is 2.45. The van der Waals surface area contributed by atoms with E-state index in [4.69, 9.17) is 4.74 Å². The van der Waals surface area contributed by atoms with Crippen LogP contribution in [-0.2, 0) is 0 Å². The van der Waals surface area contributed by atoms with Gasteiger partial charge in [0.1, 0.15) is 11.3 Å². The van der Waals surface area contributed by atoms with Crippen molar-refractivity contribution in [2.45, 2.75) is 6.04 Å². The fraction of sp³-hybridized carbons (Fsp3) is 0.357. The minimum absolute atomic E-state index is 0.0373. The topological polar surface area (TPSA) is 79.4 Å². The zero-order valence-electron chi connectivity index (χ0n) is 12.7. The molecule has 1 aromatic heterocycles. The number of amides is 2. The van der Waals surface area contributed by atoms with Gasteiger partial charge in [-0.25, -0.2) is 4.79 Å². The number of carbonyl (C=O) groups excluding carboxylic acids is 1. The SMILES string of the molecule is COc1cccc([C@@H](CNC(=O)Nc2nncs2)N(C)C)c1. The molecule has 2 rings (SSSR count). The van der Waals surface area contributed by atoms with E-state index in [1.165, 1.54) is 11.3 Å². The van der Waals surface area contributed by atoms with Crippen molar-refractivity contribution in [3.8, 4) is 5.75 Å². The quantitative estimate of drug-likeness (QED) is 0.850. The summed E-state index contributed by atoms with van der Waals surface area (Å²) in [7, 11) is 5.57. The molecule has 8 heteroatoms. The number of nitrogens with one attached hydrogen (secondary N) is 2. The minimum atomic E-state index is -0.300. The molecule has 22 heavy (non-hydrogen) atoms. The maximum Gasteiger partial charge on any atom is 0.321 e. The average Bonchev–Trinajstić information content (AvgIpc) is 3.00. The smallest absolute Gasteiger partial charge is 0.321 e. The summed E-state index contributed by atoms with van der Waals surface area (Å²) in [6.45, 7) is 0.463. The first-order valence-corrected chi connectivity index (χ1v) is 7.59. The summed E-state index contributed by atoms with van der Waals surface area (Å²) >= 11 is 1.27. The van der Waals surface area contributed by atoms with Gasteiger partial charge in [-0.3, -0.25) is 5.32 Å². The Bertz CT molecular complexity index is 603. The summed E-state index contributed by atoms with van der Waals surface area (Å²) in [5.41, 5.74) is 2.63. The van der Waals surface area contributed by atoms with Gasteiger partial charge in [0.2, 0.25) is 5.13 Å². The van der Waals surface area contributed by atoms with Crippen molar-refractivity contribution in [1.29, 1.82) is 0 Å². The number of aromatic nitrogens is 2. The number of hydrogen-bond donors (Lipinski definition) is 2. The third-order valence-corrected chi connectivity index (χ3v) is 3.75. The second-order valence-electron chi connectivity index (χ2n) is 4.83. The van der Waals surface area contributed by atoms with Crippen molar-refractivity contribution in [1.82, 2.24) is 20.4 Å². The van der Waals surface area contributed by atoms with Gasteiger partial charge in [-0.15, -0.1) is 10.2 Å². The predicted octanol–water partition coefficient (Wildman–Crippen LogP) is 1.97. The number of nitrogens with zero attached hydrogens (tertiary/aromatic N) is 3. The average molecular weight is 321 g/mol. The molecule has 2 N–H and O–H groups in total. The Balaban J connectivity index is 1.98. The van der Waals surface area contributed by atoms with Crippen molar-refractivity contribution in [2.75, 3.05) is 33.1 Å². The van der Waals surface area contributed by atoms with Crippen LogP contribution in [0.3, 0.4) is 0 Å². The summed E-state index contributed by atoms with van der Waals surface area (Å²) in [5, 5.41) is 13.4. The highest BCUT2D eigenvalue weighted by molar-refractivity contribution is 7.13. The number of urea groups is 1. The summed E-state index contributed by atoms with van der Waals surface area (Å²) in [4.78, 5) is 13.9. The molecule has 0 unspecified atom stereocenters. The van der Waals surface area contributed by atoms with Crippen LogP contribution in [0.4, 0.5) is 9.93 Å². The van der Waals surface area contributed by atoms with Crippen molar-refractivity contribution in [3.63, 3.8) is 0 Å². The summed E-state index contributed by atoms with van der Waals surface area (Å²) in [5.74, 6) is 0.794. The van der Waals surface area contributed by atoms with Crippen LogP contribution in [0.5, 0.6) is 5.75 Å². The number of methoxy groups -OCH3 is 1. The Labute approximate surface area is 133 Å². The molecule has 7 nitrogen and oxygen atoms in total. The van der Waals surface area contributed by atoms with E-state index in [-0.39, 0.29) is 12.1 Å². The lowest BCUT2D eigenvalue weighted by Gasteiger charge is -2.25. The van der Waals surface area contributed by atoms with Crippen LogP contribution in [0.25, 0.3) is 0 Å². The second kappa shape index (κ2) is 7.71. The van der Waals surface area contributed by atoms with E-state index in [2.05, 4.69) is 20.8 Å². The normalized spacial score (nSPS) is 12.0. The molecule has 0 spiro atoms. The van der Waals surface area contributed by atoms with Crippen molar-refractivity contribution >= 4 is 22.5 Å². The van der Waals surface area contributed by atoms with Gasteiger partial charge in [0.05, 0.1) is 13.2 Å². The molecule has 0 aliphatic carbocycles.